The lowest BCUT2D eigenvalue weighted by atomic mass is 10.1. The summed E-state index contributed by atoms with van der Waals surface area (Å²) in [5, 5.41) is 7.45. The number of ether oxygens (including phenoxy) is 3. The van der Waals surface area contributed by atoms with E-state index in [4.69, 9.17) is 25.4 Å². The van der Waals surface area contributed by atoms with E-state index in [1.54, 1.807) is 25.3 Å². The molecule has 0 spiro atoms. The third-order valence-electron chi connectivity index (χ3n) is 2.38. The predicted octanol–water partition coefficient (Wildman–Crippen LogP) is 0.757. The van der Waals surface area contributed by atoms with Gasteiger partial charge in [0.05, 0.1) is 25.9 Å². The standard InChI is InChI=1S/C11H14N2O3/c1-14-7-2-3-9(11(12)13)10(4-7)16-8-5-15-6-8/h2-4,8H,5-6H2,1H3,(H3,12,13). The van der Waals surface area contributed by atoms with Gasteiger partial charge in [0.2, 0.25) is 0 Å². The molecule has 0 bridgehead atoms. The van der Waals surface area contributed by atoms with Crippen molar-refractivity contribution in [2.24, 2.45) is 5.73 Å². The lowest BCUT2D eigenvalue weighted by Gasteiger charge is -2.27. The molecular weight excluding hydrogens is 208 g/mol. The normalized spacial score (nSPS) is 15.3. The van der Waals surface area contributed by atoms with Gasteiger partial charge in [0, 0.05) is 6.07 Å². The Morgan fingerprint density at radius 1 is 1.50 bits per heavy atom. The van der Waals surface area contributed by atoms with Gasteiger partial charge in [-0.05, 0) is 12.1 Å². The molecule has 1 heterocycles. The Balaban J connectivity index is 2.25. The zero-order valence-corrected chi connectivity index (χ0v) is 9.03. The highest BCUT2D eigenvalue weighted by atomic mass is 16.6. The van der Waals surface area contributed by atoms with Crippen LogP contribution in [0.2, 0.25) is 0 Å². The highest BCUT2D eigenvalue weighted by Crippen LogP contribution is 2.26. The molecule has 2 rings (SSSR count). The van der Waals surface area contributed by atoms with Crippen molar-refractivity contribution in [2.75, 3.05) is 20.3 Å². The first kappa shape index (κ1) is 10.8. The van der Waals surface area contributed by atoms with Crippen molar-refractivity contribution >= 4 is 5.84 Å². The van der Waals surface area contributed by atoms with Crippen LogP contribution in [0.15, 0.2) is 18.2 Å². The Hall–Kier alpha value is -1.75. The van der Waals surface area contributed by atoms with Crippen molar-refractivity contribution in [1.82, 2.24) is 0 Å². The van der Waals surface area contributed by atoms with E-state index in [-0.39, 0.29) is 11.9 Å². The first-order chi connectivity index (χ1) is 7.70. The minimum Gasteiger partial charge on any atom is -0.497 e. The van der Waals surface area contributed by atoms with E-state index in [0.29, 0.717) is 30.3 Å². The van der Waals surface area contributed by atoms with E-state index in [2.05, 4.69) is 0 Å². The third-order valence-corrected chi connectivity index (χ3v) is 2.38. The summed E-state index contributed by atoms with van der Waals surface area (Å²) >= 11 is 0. The minimum absolute atomic E-state index is 0.0158. The largest absolute Gasteiger partial charge is 0.497 e. The summed E-state index contributed by atoms with van der Waals surface area (Å²) in [5.74, 6) is 1.23. The molecule has 1 aromatic rings. The molecule has 0 saturated carbocycles. The Labute approximate surface area is 93.6 Å². The summed E-state index contributed by atoms with van der Waals surface area (Å²) in [6.45, 7) is 1.16. The summed E-state index contributed by atoms with van der Waals surface area (Å²) in [6, 6.07) is 5.20. The van der Waals surface area contributed by atoms with Gasteiger partial charge < -0.3 is 19.9 Å². The predicted molar refractivity (Wildman–Crippen MR) is 59.2 cm³/mol. The second kappa shape index (κ2) is 4.40. The number of methoxy groups -OCH3 is 1. The van der Waals surface area contributed by atoms with Crippen molar-refractivity contribution in [2.45, 2.75) is 6.10 Å². The van der Waals surface area contributed by atoms with Gasteiger partial charge in [-0.1, -0.05) is 0 Å². The van der Waals surface area contributed by atoms with E-state index < -0.39 is 0 Å². The van der Waals surface area contributed by atoms with Gasteiger partial charge >= 0.3 is 0 Å². The molecule has 5 heteroatoms. The van der Waals surface area contributed by atoms with Crippen molar-refractivity contribution in [3.05, 3.63) is 23.8 Å². The third kappa shape index (κ3) is 2.09. The van der Waals surface area contributed by atoms with E-state index >= 15 is 0 Å². The lowest BCUT2D eigenvalue weighted by molar-refractivity contribution is -0.0797. The van der Waals surface area contributed by atoms with Crippen LogP contribution in [-0.4, -0.2) is 32.3 Å². The van der Waals surface area contributed by atoms with E-state index in [1.165, 1.54) is 0 Å². The smallest absolute Gasteiger partial charge is 0.145 e. The number of benzene rings is 1. The molecule has 1 aliphatic rings. The first-order valence-electron chi connectivity index (χ1n) is 4.97. The molecule has 0 amide bonds. The van der Waals surface area contributed by atoms with Gasteiger partial charge in [-0.2, -0.15) is 0 Å². The van der Waals surface area contributed by atoms with Gasteiger partial charge in [0.15, 0.2) is 0 Å². The van der Waals surface area contributed by atoms with Crippen LogP contribution in [0.4, 0.5) is 0 Å². The number of nitrogens with one attached hydrogen (secondary N) is 1. The van der Waals surface area contributed by atoms with Crippen molar-refractivity contribution < 1.29 is 14.2 Å². The number of nitrogen functional groups attached to an aromatic ring is 1. The maximum Gasteiger partial charge on any atom is 0.145 e. The molecule has 3 N–H and O–H groups in total. The van der Waals surface area contributed by atoms with Crippen LogP contribution in [0.3, 0.4) is 0 Å². The molecule has 0 aliphatic carbocycles. The Bertz CT molecular complexity index is 402. The Kier molecular flexibility index (Phi) is 2.96. The fourth-order valence-corrected chi connectivity index (χ4v) is 1.41. The summed E-state index contributed by atoms with van der Waals surface area (Å²) in [6.07, 6.45) is 0.0465. The molecule has 1 fully saturated rings. The quantitative estimate of drug-likeness (QED) is 0.582. The minimum atomic E-state index is -0.0158. The number of amidine groups is 1. The first-order valence-corrected chi connectivity index (χ1v) is 4.97. The molecule has 0 atom stereocenters. The van der Waals surface area contributed by atoms with Gasteiger partial charge in [0.1, 0.15) is 23.4 Å². The van der Waals surface area contributed by atoms with E-state index in [1.807, 2.05) is 0 Å². The lowest BCUT2D eigenvalue weighted by Crippen LogP contribution is -2.39. The molecule has 1 saturated heterocycles. The maximum atomic E-state index is 7.45. The number of nitrogens with two attached hydrogens (primary N) is 1. The maximum absolute atomic E-state index is 7.45. The highest BCUT2D eigenvalue weighted by molar-refractivity contribution is 5.97. The van der Waals surface area contributed by atoms with Crippen LogP contribution < -0.4 is 15.2 Å². The summed E-state index contributed by atoms with van der Waals surface area (Å²) in [7, 11) is 1.58. The highest BCUT2D eigenvalue weighted by Gasteiger charge is 2.22. The van der Waals surface area contributed by atoms with Gasteiger partial charge in [-0.25, -0.2) is 0 Å². The zero-order valence-electron chi connectivity index (χ0n) is 9.03. The topological polar surface area (TPSA) is 77.6 Å². The molecule has 5 nitrogen and oxygen atoms in total. The molecule has 86 valence electrons. The van der Waals surface area contributed by atoms with Crippen molar-refractivity contribution in [3.63, 3.8) is 0 Å². The van der Waals surface area contributed by atoms with Crippen LogP contribution >= 0.6 is 0 Å². The number of rotatable bonds is 4. The van der Waals surface area contributed by atoms with Crippen LogP contribution in [0.5, 0.6) is 11.5 Å². The summed E-state index contributed by atoms with van der Waals surface area (Å²) in [5.41, 5.74) is 6.05. The molecule has 16 heavy (non-hydrogen) atoms. The summed E-state index contributed by atoms with van der Waals surface area (Å²) in [4.78, 5) is 0. The van der Waals surface area contributed by atoms with Gasteiger partial charge in [-0.15, -0.1) is 0 Å². The molecule has 0 radical (unpaired) electrons. The van der Waals surface area contributed by atoms with Crippen LogP contribution in [0.25, 0.3) is 0 Å². The molecule has 0 unspecified atom stereocenters. The monoisotopic (exact) mass is 222 g/mol. The fraction of sp³-hybridized carbons (Fsp3) is 0.364. The van der Waals surface area contributed by atoms with Crippen LogP contribution in [-0.2, 0) is 4.74 Å². The second-order valence-electron chi connectivity index (χ2n) is 3.55. The molecule has 1 aromatic carbocycles. The molecule has 0 aromatic heterocycles. The Morgan fingerprint density at radius 2 is 2.25 bits per heavy atom. The van der Waals surface area contributed by atoms with E-state index in [0.717, 1.165) is 0 Å². The average Bonchev–Trinajstić information content (AvgIpc) is 2.22. The summed E-state index contributed by atoms with van der Waals surface area (Å²) < 4.78 is 15.8. The SMILES string of the molecule is COc1ccc(C(=N)N)c(OC2COC2)c1. The number of hydrogen-bond acceptors (Lipinski definition) is 4. The van der Waals surface area contributed by atoms with Gasteiger partial charge in [-0.3, -0.25) is 5.41 Å². The van der Waals surface area contributed by atoms with Crippen LogP contribution in [0, 0.1) is 5.41 Å². The number of hydrogen-bond donors (Lipinski definition) is 2. The Morgan fingerprint density at radius 3 is 2.75 bits per heavy atom. The van der Waals surface area contributed by atoms with E-state index in [9.17, 15) is 0 Å². The molecular formula is C11H14N2O3. The van der Waals surface area contributed by atoms with Crippen molar-refractivity contribution in [1.29, 1.82) is 5.41 Å². The van der Waals surface area contributed by atoms with Crippen molar-refractivity contribution in [3.8, 4) is 11.5 Å². The van der Waals surface area contributed by atoms with Gasteiger partial charge in [0.25, 0.3) is 0 Å². The molecule has 1 aliphatic heterocycles. The average molecular weight is 222 g/mol. The fourth-order valence-electron chi connectivity index (χ4n) is 1.41. The second-order valence-corrected chi connectivity index (χ2v) is 3.55. The zero-order chi connectivity index (χ0) is 11.5. The van der Waals surface area contributed by atoms with Crippen LogP contribution in [0.1, 0.15) is 5.56 Å².